The summed E-state index contributed by atoms with van der Waals surface area (Å²) >= 11 is 11.8. The van der Waals surface area contributed by atoms with Crippen LogP contribution in [0.15, 0.2) is 17.0 Å². The Balaban J connectivity index is 2.38. The lowest BCUT2D eigenvalue weighted by Gasteiger charge is -2.11. The average molecular weight is 310 g/mol. The minimum absolute atomic E-state index is 0.0224. The van der Waals surface area contributed by atoms with Crippen molar-refractivity contribution in [3.63, 3.8) is 0 Å². The molecule has 1 aliphatic rings. The molecule has 4 nitrogen and oxygen atoms in total. The van der Waals surface area contributed by atoms with Crippen LogP contribution in [0.3, 0.4) is 0 Å². The standard InChI is InChI=1S/C11H13Cl2NO3S/c1-6-4-9(6)14-18(16,17)10-3-2-8(12)7(5-15)11(10)13/h2-3,6,9,14-15H,4-5H2,1H3. The fourth-order valence-corrected chi connectivity index (χ4v) is 3.93. The lowest BCUT2D eigenvalue weighted by atomic mass is 10.2. The lowest BCUT2D eigenvalue weighted by Crippen LogP contribution is -2.27. The van der Waals surface area contributed by atoms with Gasteiger partial charge in [-0.05, 0) is 24.5 Å². The van der Waals surface area contributed by atoms with Gasteiger partial charge < -0.3 is 5.11 Å². The van der Waals surface area contributed by atoms with E-state index < -0.39 is 16.6 Å². The molecule has 2 rings (SSSR count). The van der Waals surface area contributed by atoms with Crippen LogP contribution in [0.1, 0.15) is 18.9 Å². The highest BCUT2D eigenvalue weighted by molar-refractivity contribution is 7.89. The first kappa shape index (κ1) is 14.1. The largest absolute Gasteiger partial charge is 0.392 e. The van der Waals surface area contributed by atoms with Gasteiger partial charge in [-0.25, -0.2) is 13.1 Å². The number of aliphatic hydroxyl groups excluding tert-OH is 1. The molecule has 0 spiro atoms. The van der Waals surface area contributed by atoms with E-state index in [-0.39, 0.29) is 26.5 Å². The molecule has 1 aromatic rings. The molecule has 1 fully saturated rings. The molecule has 0 heterocycles. The SMILES string of the molecule is CC1CC1NS(=O)(=O)c1ccc(Cl)c(CO)c1Cl. The summed E-state index contributed by atoms with van der Waals surface area (Å²) in [6.07, 6.45) is 0.831. The van der Waals surface area contributed by atoms with E-state index in [0.717, 1.165) is 6.42 Å². The number of hydrogen-bond donors (Lipinski definition) is 2. The Labute approximate surface area is 116 Å². The first-order valence-corrected chi connectivity index (χ1v) is 7.70. The minimum atomic E-state index is -3.66. The van der Waals surface area contributed by atoms with Crippen LogP contribution in [-0.2, 0) is 16.6 Å². The second-order valence-corrected chi connectivity index (χ2v) is 6.90. The van der Waals surface area contributed by atoms with E-state index >= 15 is 0 Å². The van der Waals surface area contributed by atoms with Crippen molar-refractivity contribution in [1.82, 2.24) is 4.72 Å². The summed E-state index contributed by atoms with van der Waals surface area (Å²) in [6, 6.07) is 2.74. The van der Waals surface area contributed by atoms with Gasteiger partial charge in [0.1, 0.15) is 4.90 Å². The molecule has 1 saturated carbocycles. The Hall–Kier alpha value is -0.330. The molecule has 1 aromatic carbocycles. The lowest BCUT2D eigenvalue weighted by molar-refractivity contribution is 0.281. The van der Waals surface area contributed by atoms with Gasteiger partial charge in [0.05, 0.1) is 11.6 Å². The van der Waals surface area contributed by atoms with Crippen LogP contribution >= 0.6 is 23.2 Å². The molecule has 1 aliphatic carbocycles. The van der Waals surface area contributed by atoms with Crippen LogP contribution in [0.25, 0.3) is 0 Å². The molecule has 0 aromatic heterocycles. The van der Waals surface area contributed by atoms with Gasteiger partial charge >= 0.3 is 0 Å². The van der Waals surface area contributed by atoms with E-state index in [4.69, 9.17) is 28.3 Å². The molecule has 0 amide bonds. The molecule has 0 bridgehead atoms. The zero-order chi connectivity index (χ0) is 13.5. The van der Waals surface area contributed by atoms with Gasteiger partial charge in [-0.2, -0.15) is 0 Å². The Morgan fingerprint density at radius 2 is 2.06 bits per heavy atom. The zero-order valence-electron chi connectivity index (χ0n) is 9.65. The maximum absolute atomic E-state index is 12.1. The van der Waals surface area contributed by atoms with E-state index in [2.05, 4.69) is 4.72 Å². The van der Waals surface area contributed by atoms with Crippen LogP contribution in [0.2, 0.25) is 10.0 Å². The molecule has 100 valence electrons. The predicted octanol–water partition coefficient (Wildman–Crippen LogP) is 2.17. The summed E-state index contributed by atoms with van der Waals surface area (Å²) in [4.78, 5) is -0.0447. The molecule has 2 atom stereocenters. The van der Waals surface area contributed by atoms with Gasteiger partial charge in [0.2, 0.25) is 10.0 Å². The van der Waals surface area contributed by atoms with Gasteiger partial charge in [0, 0.05) is 16.6 Å². The smallest absolute Gasteiger partial charge is 0.242 e. The highest BCUT2D eigenvalue weighted by atomic mass is 35.5. The molecule has 0 saturated heterocycles. The van der Waals surface area contributed by atoms with Crippen molar-refractivity contribution in [1.29, 1.82) is 0 Å². The van der Waals surface area contributed by atoms with Crippen molar-refractivity contribution in [2.75, 3.05) is 0 Å². The van der Waals surface area contributed by atoms with Crippen molar-refractivity contribution in [2.24, 2.45) is 5.92 Å². The topological polar surface area (TPSA) is 66.4 Å². The molecule has 18 heavy (non-hydrogen) atoms. The summed E-state index contributed by atoms with van der Waals surface area (Å²) < 4.78 is 26.8. The average Bonchev–Trinajstić information content (AvgIpc) is 2.93. The fraction of sp³-hybridized carbons (Fsp3) is 0.455. The van der Waals surface area contributed by atoms with Gasteiger partial charge in [-0.3, -0.25) is 0 Å². The van der Waals surface area contributed by atoms with Gasteiger partial charge in [0.15, 0.2) is 0 Å². The van der Waals surface area contributed by atoms with E-state index in [9.17, 15) is 8.42 Å². The first-order valence-electron chi connectivity index (χ1n) is 5.47. The zero-order valence-corrected chi connectivity index (χ0v) is 12.0. The number of aliphatic hydroxyl groups is 1. The highest BCUT2D eigenvalue weighted by Crippen LogP contribution is 2.34. The maximum atomic E-state index is 12.1. The van der Waals surface area contributed by atoms with E-state index in [1.807, 2.05) is 6.92 Å². The fourth-order valence-electron chi connectivity index (χ4n) is 1.68. The van der Waals surface area contributed by atoms with E-state index in [1.54, 1.807) is 0 Å². The number of rotatable bonds is 4. The Bertz CT molecular complexity index is 574. The van der Waals surface area contributed by atoms with Crippen LogP contribution < -0.4 is 4.72 Å². The minimum Gasteiger partial charge on any atom is -0.392 e. The molecule has 0 aliphatic heterocycles. The summed E-state index contributed by atoms with van der Waals surface area (Å²) in [6.45, 7) is 1.57. The second-order valence-electron chi connectivity index (χ2n) is 4.44. The number of nitrogens with one attached hydrogen (secondary N) is 1. The third-order valence-corrected chi connectivity index (χ3v) is 5.44. The predicted molar refractivity (Wildman–Crippen MR) is 70.3 cm³/mol. The number of benzene rings is 1. The third kappa shape index (κ3) is 2.65. The van der Waals surface area contributed by atoms with E-state index in [0.29, 0.717) is 5.92 Å². The molecular formula is C11H13Cl2NO3S. The van der Waals surface area contributed by atoms with Crippen LogP contribution in [0, 0.1) is 5.92 Å². The quantitative estimate of drug-likeness (QED) is 0.896. The summed E-state index contributed by atoms with van der Waals surface area (Å²) in [5, 5.41) is 9.37. The second kappa shape index (κ2) is 4.98. The highest BCUT2D eigenvalue weighted by Gasteiger charge is 2.37. The van der Waals surface area contributed by atoms with Crippen molar-refractivity contribution >= 4 is 33.2 Å². The number of hydrogen-bond acceptors (Lipinski definition) is 3. The third-order valence-electron chi connectivity index (χ3n) is 3.01. The molecule has 2 unspecified atom stereocenters. The Kier molecular flexibility index (Phi) is 3.90. The monoisotopic (exact) mass is 309 g/mol. The van der Waals surface area contributed by atoms with Crippen molar-refractivity contribution in [2.45, 2.75) is 30.9 Å². The first-order chi connectivity index (χ1) is 8.36. The van der Waals surface area contributed by atoms with E-state index in [1.165, 1.54) is 12.1 Å². The van der Waals surface area contributed by atoms with Gasteiger partial charge in [-0.15, -0.1) is 0 Å². The van der Waals surface area contributed by atoms with Crippen LogP contribution in [-0.4, -0.2) is 19.6 Å². The van der Waals surface area contributed by atoms with Crippen molar-refractivity contribution < 1.29 is 13.5 Å². The van der Waals surface area contributed by atoms with Gasteiger partial charge in [-0.1, -0.05) is 30.1 Å². The van der Waals surface area contributed by atoms with Crippen LogP contribution in [0.5, 0.6) is 0 Å². The normalized spacial score (nSPS) is 23.1. The summed E-state index contributed by atoms with van der Waals surface area (Å²) in [5.41, 5.74) is 0.227. The molecular weight excluding hydrogens is 297 g/mol. The summed E-state index contributed by atoms with van der Waals surface area (Å²) in [7, 11) is -3.66. The van der Waals surface area contributed by atoms with Gasteiger partial charge in [0.25, 0.3) is 0 Å². The van der Waals surface area contributed by atoms with Crippen molar-refractivity contribution in [3.05, 3.63) is 27.7 Å². The molecule has 7 heteroatoms. The molecule has 2 N–H and O–H groups in total. The number of sulfonamides is 1. The van der Waals surface area contributed by atoms with Crippen molar-refractivity contribution in [3.8, 4) is 0 Å². The molecule has 0 radical (unpaired) electrons. The van der Waals surface area contributed by atoms with Crippen LogP contribution in [0.4, 0.5) is 0 Å². The Morgan fingerprint density at radius 3 is 2.56 bits per heavy atom. The number of halogens is 2. The Morgan fingerprint density at radius 1 is 1.44 bits per heavy atom. The maximum Gasteiger partial charge on any atom is 0.242 e. The summed E-state index contributed by atoms with van der Waals surface area (Å²) in [5.74, 6) is 0.350.